The third-order valence-electron chi connectivity index (χ3n) is 5.82. The zero-order chi connectivity index (χ0) is 18.6. The van der Waals surface area contributed by atoms with Crippen molar-refractivity contribution in [3.63, 3.8) is 0 Å². The van der Waals surface area contributed by atoms with Gasteiger partial charge in [0, 0.05) is 25.6 Å². The molecule has 0 radical (unpaired) electrons. The van der Waals surface area contributed by atoms with Crippen LogP contribution >= 0.6 is 0 Å². The Morgan fingerprint density at radius 3 is 2.76 bits per heavy atom. The first kappa shape index (κ1) is 18.6. The fourth-order valence-corrected chi connectivity index (χ4v) is 5.05. The third-order valence-corrected chi connectivity index (χ3v) is 5.82. The van der Waals surface area contributed by atoms with Crippen molar-refractivity contribution in [3.8, 4) is 0 Å². The Morgan fingerprint density at radius 2 is 2.16 bits per heavy atom. The first-order valence-electron chi connectivity index (χ1n) is 9.08. The molecule has 7 nitrogen and oxygen atoms in total. The number of hydrogen-bond acceptors (Lipinski definition) is 7. The maximum atomic E-state index is 12.5. The van der Waals surface area contributed by atoms with Crippen molar-refractivity contribution >= 4 is 11.9 Å². The molecule has 0 amide bonds. The number of ether oxygens (including phenoxy) is 2. The predicted molar refractivity (Wildman–Crippen MR) is 88.5 cm³/mol. The molecule has 3 rings (SSSR count). The number of rotatable bonds is 5. The molecule has 3 aliphatic rings. The Balaban J connectivity index is 1.94. The fourth-order valence-electron chi connectivity index (χ4n) is 5.05. The van der Waals surface area contributed by atoms with Gasteiger partial charge in [0.05, 0.1) is 23.0 Å². The van der Waals surface area contributed by atoms with Crippen molar-refractivity contribution in [2.75, 3.05) is 19.7 Å². The van der Waals surface area contributed by atoms with Crippen LogP contribution in [0.1, 0.15) is 40.5 Å². The van der Waals surface area contributed by atoms with Gasteiger partial charge in [-0.05, 0) is 26.2 Å². The lowest BCUT2D eigenvalue weighted by Crippen LogP contribution is -2.57. The molecule has 0 aliphatic carbocycles. The van der Waals surface area contributed by atoms with Gasteiger partial charge < -0.3 is 19.7 Å². The Morgan fingerprint density at radius 1 is 1.48 bits per heavy atom. The predicted octanol–water partition coefficient (Wildman–Crippen LogP) is 0.323. The molecule has 0 aromatic carbocycles. The zero-order valence-corrected chi connectivity index (χ0v) is 15.4. The van der Waals surface area contributed by atoms with Crippen molar-refractivity contribution in [2.45, 2.75) is 64.4 Å². The summed E-state index contributed by atoms with van der Waals surface area (Å²) >= 11 is 0. The van der Waals surface area contributed by atoms with Crippen LogP contribution in [0.2, 0.25) is 0 Å². The van der Waals surface area contributed by atoms with Crippen molar-refractivity contribution in [1.29, 1.82) is 0 Å². The van der Waals surface area contributed by atoms with Crippen molar-refractivity contribution in [2.24, 2.45) is 17.3 Å². The van der Waals surface area contributed by atoms with E-state index in [2.05, 4.69) is 4.90 Å². The Labute approximate surface area is 148 Å². The van der Waals surface area contributed by atoms with E-state index in [4.69, 9.17) is 9.47 Å². The second kappa shape index (κ2) is 6.21. The second-order valence-corrected chi connectivity index (χ2v) is 8.68. The molecular weight excluding hydrogens is 326 g/mol. The minimum absolute atomic E-state index is 0.0259. The number of hydrogen-bond donors (Lipinski definition) is 2. The van der Waals surface area contributed by atoms with Gasteiger partial charge in [-0.3, -0.25) is 14.5 Å². The van der Waals surface area contributed by atoms with Gasteiger partial charge in [-0.1, -0.05) is 13.8 Å². The Kier molecular flexibility index (Phi) is 4.62. The molecule has 7 heteroatoms. The summed E-state index contributed by atoms with van der Waals surface area (Å²) in [6, 6.07) is -0.354. The maximum Gasteiger partial charge on any atom is 0.313 e. The van der Waals surface area contributed by atoms with Crippen molar-refractivity contribution < 1.29 is 29.3 Å². The minimum atomic E-state index is -1.34. The number of esters is 2. The zero-order valence-electron chi connectivity index (χ0n) is 15.4. The molecule has 0 spiro atoms. The topological polar surface area (TPSA) is 96.3 Å². The van der Waals surface area contributed by atoms with Crippen LogP contribution in [0.15, 0.2) is 0 Å². The van der Waals surface area contributed by atoms with E-state index in [1.54, 1.807) is 13.8 Å². The van der Waals surface area contributed by atoms with Gasteiger partial charge in [-0.25, -0.2) is 0 Å². The average molecular weight is 355 g/mol. The van der Waals surface area contributed by atoms with Gasteiger partial charge in [0.25, 0.3) is 0 Å². The summed E-state index contributed by atoms with van der Waals surface area (Å²) in [5, 5.41) is 21.2. The van der Waals surface area contributed by atoms with Crippen LogP contribution in [-0.2, 0) is 19.1 Å². The fraction of sp³-hybridized carbons (Fsp3) is 0.889. The minimum Gasteiger partial charge on any atom is -0.465 e. The lowest BCUT2D eigenvalue weighted by atomic mass is 9.64. The first-order valence-corrected chi connectivity index (χ1v) is 9.08. The Bertz CT molecular complexity index is 556. The number of carbonyl (C=O) groups excluding carboxylic acids is 2. The molecule has 25 heavy (non-hydrogen) atoms. The summed E-state index contributed by atoms with van der Waals surface area (Å²) in [6.45, 7) is 8.19. The highest BCUT2D eigenvalue weighted by Gasteiger charge is 2.72. The number of fused-ring (bicyclic) bond motifs is 3. The smallest absolute Gasteiger partial charge is 0.313 e. The van der Waals surface area contributed by atoms with E-state index >= 15 is 0 Å². The lowest BCUT2D eigenvalue weighted by molar-refractivity contribution is -0.159. The molecule has 3 fully saturated rings. The van der Waals surface area contributed by atoms with E-state index in [0.717, 1.165) is 0 Å². The first-order chi connectivity index (χ1) is 11.6. The Hall–Kier alpha value is -1.18. The van der Waals surface area contributed by atoms with Gasteiger partial charge >= 0.3 is 11.9 Å². The molecule has 3 aliphatic heterocycles. The van der Waals surface area contributed by atoms with E-state index < -0.39 is 35.1 Å². The highest BCUT2D eigenvalue weighted by Crippen LogP contribution is 2.56. The summed E-state index contributed by atoms with van der Waals surface area (Å²) in [7, 11) is 0. The van der Waals surface area contributed by atoms with Gasteiger partial charge in [-0.15, -0.1) is 0 Å². The van der Waals surface area contributed by atoms with Gasteiger partial charge in [0.1, 0.15) is 12.7 Å². The summed E-state index contributed by atoms with van der Waals surface area (Å²) in [5.74, 6) is -1.48. The average Bonchev–Trinajstić information content (AvgIpc) is 3.03. The molecule has 2 N–H and O–H groups in total. The number of carbonyl (C=O) groups is 2. The van der Waals surface area contributed by atoms with E-state index in [9.17, 15) is 19.8 Å². The summed E-state index contributed by atoms with van der Waals surface area (Å²) in [5.41, 5.74) is -2.26. The molecule has 0 aromatic rings. The van der Waals surface area contributed by atoms with Crippen LogP contribution in [0.25, 0.3) is 0 Å². The van der Waals surface area contributed by atoms with Gasteiger partial charge in [0.2, 0.25) is 0 Å². The molecule has 0 unspecified atom stereocenters. The van der Waals surface area contributed by atoms with Crippen LogP contribution < -0.4 is 0 Å². The van der Waals surface area contributed by atoms with Gasteiger partial charge in [0.15, 0.2) is 0 Å². The number of nitrogens with zero attached hydrogens (tertiary/aromatic N) is 1. The molecule has 0 saturated carbocycles. The molecule has 142 valence electrons. The van der Waals surface area contributed by atoms with Crippen LogP contribution in [0, 0.1) is 17.3 Å². The third kappa shape index (κ3) is 2.96. The molecule has 3 heterocycles. The maximum absolute atomic E-state index is 12.5. The SMILES string of the molecule is CC(C)CC(=O)OC[C@]12[C@H](CN3CC[C@@H](O)[C@H]31)OC(=O)[C@H]2C(C)(C)O. The largest absolute Gasteiger partial charge is 0.465 e. The van der Waals surface area contributed by atoms with Crippen LogP contribution in [-0.4, -0.2) is 70.6 Å². The van der Waals surface area contributed by atoms with Crippen LogP contribution in [0.5, 0.6) is 0 Å². The molecular formula is C18H29NO6. The van der Waals surface area contributed by atoms with Crippen LogP contribution in [0.3, 0.4) is 0 Å². The van der Waals surface area contributed by atoms with Crippen molar-refractivity contribution in [3.05, 3.63) is 0 Å². The highest BCUT2D eigenvalue weighted by molar-refractivity contribution is 5.79. The molecule has 3 saturated heterocycles. The van der Waals surface area contributed by atoms with Crippen molar-refractivity contribution in [1.82, 2.24) is 4.90 Å². The second-order valence-electron chi connectivity index (χ2n) is 8.68. The van der Waals surface area contributed by atoms with E-state index in [1.807, 2.05) is 13.8 Å². The van der Waals surface area contributed by atoms with E-state index in [-0.39, 0.29) is 24.5 Å². The number of aliphatic hydroxyl groups excluding tert-OH is 1. The summed E-state index contributed by atoms with van der Waals surface area (Å²) in [6.07, 6.45) is -0.220. The summed E-state index contributed by atoms with van der Waals surface area (Å²) < 4.78 is 11.1. The van der Waals surface area contributed by atoms with Gasteiger partial charge in [-0.2, -0.15) is 0 Å². The van der Waals surface area contributed by atoms with E-state index in [0.29, 0.717) is 25.9 Å². The normalized spacial score (nSPS) is 38.0. The standard InChI is InChI=1S/C18H29NO6/c1-10(2)7-13(21)24-9-18-12(8-19-6-5-11(20)15(18)19)25-16(22)14(18)17(3,4)23/h10-12,14-15,20,23H,5-9H2,1-4H3/t11-,12+,14+,15+,18-/m1/s1. The quantitative estimate of drug-likeness (QED) is 0.686. The monoisotopic (exact) mass is 355 g/mol. The summed E-state index contributed by atoms with van der Waals surface area (Å²) in [4.78, 5) is 26.7. The lowest BCUT2D eigenvalue weighted by Gasteiger charge is -2.42. The molecule has 0 aromatic heterocycles. The molecule has 0 bridgehead atoms. The van der Waals surface area contributed by atoms with Crippen LogP contribution in [0.4, 0.5) is 0 Å². The van der Waals surface area contributed by atoms with E-state index in [1.165, 1.54) is 0 Å². The highest BCUT2D eigenvalue weighted by atomic mass is 16.6. The number of aliphatic hydroxyl groups is 2. The molecule has 5 atom stereocenters.